The van der Waals surface area contributed by atoms with E-state index in [1.165, 1.54) is 22.3 Å². The van der Waals surface area contributed by atoms with Gasteiger partial charge in [0.25, 0.3) is 17.7 Å². The van der Waals surface area contributed by atoms with Crippen LogP contribution in [0.2, 0.25) is 0 Å². The van der Waals surface area contributed by atoms with Gasteiger partial charge < -0.3 is 69.8 Å². The maximum atomic E-state index is 14.4. The summed E-state index contributed by atoms with van der Waals surface area (Å²) in [6, 6.07) is 21.7. The lowest BCUT2D eigenvalue weighted by atomic mass is 9.43. The number of amides is 5. The molecular weight excluding hydrogens is 1300 g/mol. The van der Waals surface area contributed by atoms with Crippen LogP contribution < -0.4 is 20.3 Å². The molecule has 3 aromatic carbocycles. The molecule has 5 amide bonds. The number of nitrogens with one attached hydrogen (secondary N) is 2. The van der Waals surface area contributed by atoms with Gasteiger partial charge in [-0.2, -0.15) is 5.10 Å². The third kappa shape index (κ3) is 14.7. The summed E-state index contributed by atoms with van der Waals surface area (Å²) in [6.45, 7) is 6.33. The van der Waals surface area contributed by atoms with Crippen molar-refractivity contribution >= 4 is 74.2 Å². The molecule has 9 aliphatic rings. The maximum absolute atomic E-state index is 14.4. The first kappa shape index (κ1) is 70.1. The maximum Gasteiger partial charge on any atom is 0.410 e. The van der Waals surface area contributed by atoms with Gasteiger partial charge in [0.05, 0.1) is 28.6 Å². The number of hydrogen-bond acceptors (Lipinski definition) is 21. The van der Waals surface area contributed by atoms with Crippen molar-refractivity contribution in [3.05, 3.63) is 130 Å². The van der Waals surface area contributed by atoms with Crippen molar-refractivity contribution < 1.29 is 88.3 Å². The lowest BCUT2D eigenvalue weighted by Gasteiger charge is -2.64. The Labute approximate surface area is 574 Å². The number of anilines is 2. The number of aromatic nitrogens is 4. The monoisotopic (exact) mass is 1380 g/mol. The summed E-state index contributed by atoms with van der Waals surface area (Å²) in [5.74, 6) is -4.45. The van der Waals surface area contributed by atoms with Crippen molar-refractivity contribution in [1.29, 1.82) is 0 Å². The van der Waals surface area contributed by atoms with Crippen LogP contribution in [0, 0.1) is 35.5 Å². The number of aliphatic hydroxyl groups excluding tert-OH is 5. The average molecular weight is 1380 g/mol. The van der Waals surface area contributed by atoms with Crippen molar-refractivity contribution in [2.75, 3.05) is 62.8 Å². The number of carbonyl (C=O) groups is 7. The minimum Gasteiger partial charge on any atom is -0.479 e. The van der Waals surface area contributed by atoms with Crippen LogP contribution in [0.3, 0.4) is 0 Å². The summed E-state index contributed by atoms with van der Waals surface area (Å²) in [7, 11) is 0. The van der Waals surface area contributed by atoms with E-state index in [4.69, 9.17) is 29.0 Å². The van der Waals surface area contributed by atoms with Crippen LogP contribution in [-0.2, 0) is 65.9 Å². The number of carboxylic acid groups (broad SMARTS) is 2. The first-order valence-corrected chi connectivity index (χ1v) is 34.4. The molecular formula is C71H83N9O18S. The van der Waals surface area contributed by atoms with Gasteiger partial charge in [0.2, 0.25) is 12.2 Å². The second kappa shape index (κ2) is 29.2. The Kier molecular flexibility index (Phi) is 20.7. The summed E-state index contributed by atoms with van der Waals surface area (Å²) in [4.78, 5) is 104. The van der Waals surface area contributed by atoms with Crippen LogP contribution >= 0.6 is 11.3 Å². The number of thiazole rings is 1. The Balaban J connectivity index is 0.728. The normalized spacial score (nSPS) is 25.6. The van der Waals surface area contributed by atoms with E-state index in [1.807, 2.05) is 59.0 Å². The van der Waals surface area contributed by atoms with Gasteiger partial charge in [-0.15, -0.1) is 0 Å². The number of nitrogens with zero attached hydrogens (tertiary/aromatic N) is 7. The topological polar surface area (TPSA) is 375 Å². The van der Waals surface area contributed by atoms with E-state index in [0.29, 0.717) is 90.4 Å². The van der Waals surface area contributed by atoms with Crippen molar-refractivity contribution in [2.24, 2.45) is 28.6 Å². The minimum absolute atomic E-state index is 0.00327. The highest BCUT2D eigenvalue weighted by molar-refractivity contribution is 7.22. The highest BCUT2D eigenvalue weighted by Gasteiger charge is 2.60. The molecule has 7 fully saturated rings. The van der Waals surface area contributed by atoms with Crippen LogP contribution in [0.1, 0.15) is 114 Å². The Hall–Kier alpha value is -8.74. The van der Waals surface area contributed by atoms with Gasteiger partial charge in [0.1, 0.15) is 43.0 Å². The van der Waals surface area contributed by atoms with E-state index in [9.17, 15) is 69.3 Å². The zero-order chi connectivity index (χ0) is 70.1. The standard InChI is InChI=1S/C71H83N9O18S/c1-40-29-69(39-80-42(3)49(31-73-80)47-15-16-54(75-58(47)64(90)91)77-25-19-45-9-6-10-48(50(45)33-77)63(89)76-67-74-51-11-4-5-12-53(51)99-67)30-41(2)71(40)22-20-70(38-69,21-23-71)96-27-26-78(32-44(35-81)36-82)68(94)95-37-46-14-13-43(8-7-24-72-55(83)34-79-56(84)17-18-57(79)85)28-52(46)97-66-61(88)59(86)60(87)62(98-66)65(92)93/h4-6,9-18,28,31,40-41,44,59-62,66,81-82,86-88H,7-8,19-27,29-30,32-39H2,1-3H3,(H,72,83)(H,90,91)(H,92,93)(H,74,76,89)/t40?,41?,59-,60-,61+,62-,66+,69?,70?,71?/m0/s1. The third-order valence-corrected chi connectivity index (χ3v) is 22.2. The van der Waals surface area contributed by atoms with E-state index in [1.54, 1.807) is 30.5 Å². The Morgan fingerprint density at radius 2 is 1.62 bits per heavy atom. The number of rotatable bonds is 26. The molecule has 6 aliphatic carbocycles. The van der Waals surface area contributed by atoms with Crippen LogP contribution in [-0.4, -0.2) is 196 Å². The summed E-state index contributed by atoms with van der Waals surface area (Å²) < 4.78 is 27.5. The molecule has 99 heavy (non-hydrogen) atoms. The predicted octanol–water partition coefficient (Wildman–Crippen LogP) is 5.63. The van der Waals surface area contributed by atoms with Crippen molar-refractivity contribution in [2.45, 2.75) is 141 Å². The van der Waals surface area contributed by atoms with E-state index >= 15 is 0 Å². The lowest BCUT2D eigenvalue weighted by Crippen LogP contribution is -2.61. The second-order valence-electron chi connectivity index (χ2n) is 27.5. The molecule has 6 heterocycles. The van der Waals surface area contributed by atoms with Gasteiger partial charge in [-0.1, -0.05) is 61.6 Å². The molecule has 3 aliphatic heterocycles. The SMILES string of the molecule is Cc1c(-c2ccc(N3CCc4cccc(C(=O)Nc5nc6ccccc6s5)c4C3)nc2C(=O)O)cnn1CC12CC(C)C3(CCC(OCCN(CC(CO)CO)C(=O)OCc4ccc(CCCNC(=O)CN5C(=O)C=CC5=O)cc4O[C@@H]4O[C@H](C(=O)O)[C@@H](O)[C@H](O)[C@H]4O)(CC3)C1)C(C)C2. The number of fused-ring (bicyclic) bond motifs is 2. The molecule has 0 radical (unpaired) electrons. The van der Waals surface area contributed by atoms with E-state index in [-0.39, 0.29) is 60.0 Å². The first-order chi connectivity index (χ1) is 47.5. The second-order valence-corrected chi connectivity index (χ2v) is 28.5. The molecule has 7 atom stereocenters. The molecule has 9 N–H and O–H groups in total. The van der Waals surface area contributed by atoms with E-state index in [0.717, 1.165) is 82.6 Å². The molecule has 28 heteroatoms. The van der Waals surface area contributed by atoms with Crippen molar-refractivity contribution in [1.82, 2.24) is 34.9 Å². The lowest BCUT2D eigenvalue weighted by molar-refractivity contribution is -0.271. The fraction of sp³-hybridized carbons (Fsp3) is 0.493. The number of imide groups is 1. The number of benzene rings is 3. The third-order valence-electron chi connectivity index (χ3n) is 21.3. The summed E-state index contributed by atoms with van der Waals surface area (Å²) in [5.41, 5.74) is 4.85. The van der Waals surface area contributed by atoms with Crippen molar-refractivity contribution in [3.8, 4) is 16.9 Å². The van der Waals surface area contributed by atoms with Gasteiger partial charge in [-0.3, -0.25) is 34.1 Å². The van der Waals surface area contributed by atoms with Crippen LogP contribution in [0.4, 0.5) is 15.7 Å². The van der Waals surface area contributed by atoms with Gasteiger partial charge in [-0.05, 0) is 147 Å². The first-order valence-electron chi connectivity index (χ1n) is 33.6. The smallest absolute Gasteiger partial charge is 0.410 e. The Bertz CT molecular complexity index is 4020. The minimum atomic E-state index is -2.00. The molecule has 3 bridgehead atoms. The van der Waals surface area contributed by atoms with E-state index in [2.05, 4.69) is 29.5 Å². The highest BCUT2D eigenvalue weighted by atomic mass is 32.1. The number of para-hydroxylation sites is 1. The fourth-order valence-electron chi connectivity index (χ4n) is 16.0. The molecule has 1 saturated heterocycles. The number of pyridine rings is 1. The fourth-order valence-corrected chi connectivity index (χ4v) is 16.9. The number of carboxylic acids is 2. The zero-order valence-corrected chi connectivity index (χ0v) is 56.1. The molecule has 2 unspecified atom stereocenters. The summed E-state index contributed by atoms with van der Waals surface area (Å²) in [5, 5.41) is 84.3. The number of ether oxygens (including phenoxy) is 4. The highest BCUT2D eigenvalue weighted by Crippen LogP contribution is 2.66. The number of aliphatic carboxylic acids is 1. The summed E-state index contributed by atoms with van der Waals surface area (Å²) >= 11 is 1.40. The Morgan fingerprint density at radius 1 is 0.869 bits per heavy atom. The van der Waals surface area contributed by atoms with Crippen LogP contribution in [0.15, 0.2) is 91.1 Å². The zero-order valence-electron chi connectivity index (χ0n) is 55.3. The van der Waals surface area contributed by atoms with Gasteiger partial charge in [0.15, 0.2) is 16.9 Å². The van der Waals surface area contributed by atoms with Gasteiger partial charge in [-0.25, -0.2) is 24.4 Å². The molecule has 15 rings (SSSR count). The number of aromatic carboxylic acids is 1. The van der Waals surface area contributed by atoms with Crippen molar-refractivity contribution in [3.63, 3.8) is 0 Å². The summed E-state index contributed by atoms with van der Waals surface area (Å²) in [6.07, 6.45) is 0.461. The van der Waals surface area contributed by atoms with Gasteiger partial charge in [0, 0.05) is 98.5 Å². The average Bonchev–Trinajstić information content (AvgIpc) is 1.71. The Morgan fingerprint density at radius 3 is 2.33 bits per heavy atom. The molecule has 27 nitrogen and oxygen atoms in total. The number of hydrogen-bond donors (Lipinski definition) is 9. The molecule has 6 aromatic rings. The van der Waals surface area contributed by atoms with E-state index < -0.39 is 104 Å². The molecule has 526 valence electrons. The molecule has 1 spiro atoms. The quantitative estimate of drug-likeness (QED) is 0.0234. The van der Waals surface area contributed by atoms with Crippen LogP contribution in [0.25, 0.3) is 21.3 Å². The van der Waals surface area contributed by atoms with Crippen LogP contribution in [0.5, 0.6) is 5.75 Å². The molecule has 3 aromatic heterocycles. The molecule has 6 saturated carbocycles. The predicted molar refractivity (Wildman–Crippen MR) is 358 cm³/mol. The number of aryl methyl sites for hydroxylation is 1. The number of carbonyl (C=O) groups excluding carboxylic acids is 5. The number of aliphatic hydroxyl groups is 5. The van der Waals surface area contributed by atoms with Gasteiger partial charge >= 0.3 is 18.0 Å². The largest absolute Gasteiger partial charge is 0.479 e.